The molecule has 0 saturated heterocycles. The van der Waals surface area contributed by atoms with Crippen molar-refractivity contribution in [2.45, 2.75) is 25.8 Å². The molecule has 84 valence electrons. The number of hydrogen-bond acceptors (Lipinski definition) is 4. The Balaban J connectivity index is 2.05. The van der Waals surface area contributed by atoms with Gasteiger partial charge >= 0.3 is 0 Å². The van der Waals surface area contributed by atoms with Gasteiger partial charge < -0.3 is 5.73 Å². The monoisotopic (exact) mass is 233 g/mol. The zero-order valence-corrected chi connectivity index (χ0v) is 10.1. The molecule has 0 bridgehead atoms. The molecule has 4 heteroatoms. The molecule has 1 unspecified atom stereocenters. The molecule has 1 atom stereocenters. The van der Waals surface area contributed by atoms with Crippen molar-refractivity contribution in [3.8, 4) is 0 Å². The van der Waals surface area contributed by atoms with Gasteiger partial charge in [0.2, 0.25) is 0 Å². The first kappa shape index (κ1) is 11.2. The molecule has 0 fully saturated rings. The Labute approximate surface area is 99.4 Å². The predicted octanol–water partition coefficient (Wildman–Crippen LogP) is 2.34. The van der Waals surface area contributed by atoms with Gasteiger partial charge in [-0.25, -0.2) is 9.97 Å². The van der Waals surface area contributed by atoms with Gasteiger partial charge in [0.15, 0.2) is 0 Å². The van der Waals surface area contributed by atoms with E-state index in [-0.39, 0.29) is 6.04 Å². The van der Waals surface area contributed by atoms with Crippen LogP contribution in [0.15, 0.2) is 30.7 Å². The molecule has 2 aromatic rings. The van der Waals surface area contributed by atoms with Crippen LogP contribution >= 0.6 is 11.3 Å². The molecular formula is C12H15N3S. The van der Waals surface area contributed by atoms with Crippen LogP contribution in [0.2, 0.25) is 0 Å². The van der Waals surface area contributed by atoms with Crippen LogP contribution in [-0.2, 0) is 12.8 Å². The van der Waals surface area contributed by atoms with Crippen molar-refractivity contribution in [3.63, 3.8) is 0 Å². The SMILES string of the molecule is CCc1ccc(CC(N)c2ccncn2)s1. The summed E-state index contributed by atoms with van der Waals surface area (Å²) in [5.74, 6) is 0. The zero-order chi connectivity index (χ0) is 11.4. The standard InChI is InChI=1S/C12H15N3S/c1-2-9-3-4-10(16-9)7-11(13)12-5-6-14-8-15-12/h3-6,8,11H,2,7,13H2,1H3. The van der Waals surface area contributed by atoms with E-state index < -0.39 is 0 Å². The predicted molar refractivity (Wildman–Crippen MR) is 66.4 cm³/mol. The van der Waals surface area contributed by atoms with Crippen LogP contribution in [-0.4, -0.2) is 9.97 Å². The van der Waals surface area contributed by atoms with E-state index in [9.17, 15) is 0 Å². The van der Waals surface area contributed by atoms with Crippen LogP contribution in [0.3, 0.4) is 0 Å². The summed E-state index contributed by atoms with van der Waals surface area (Å²) >= 11 is 1.83. The molecular weight excluding hydrogens is 218 g/mol. The number of nitrogens with zero attached hydrogens (tertiary/aromatic N) is 2. The number of hydrogen-bond donors (Lipinski definition) is 1. The molecule has 16 heavy (non-hydrogen) atoms. The topological polar surface area (TPSA) is 51.8 Å². The summed E-state index contributed by atoms with van der Waals surface area (Å²) in [5.41, 5.74) is 7.00. The number of nitrogens with two attached hydrogens (primary N) is 1. The second-order valence-corrected chi connectivity index (χ2v) is 4.92. The first-order valence-electron chi connectivity index (χ1n) is 5.38. The number of thiophene rings is 1. The van der Waals surface area contributed by atoms with Crippen molar-refractivity contribution in [1.29, 1.82) is 0 Å². The Hall–Kier alpha value is -1.26. The summed E-state index contributed by atoms with van der Waals surface area (Å²) < 4.78 is 0. The lowest BCUT2D eigenvalue weighted by Crippen LogP contribution is -2.14. The van der Waals surface area contributed by atoms with Crippen molar-refractivity contribution in [3.05, 3.63) is 46.2 Å². The maximum absolute atomic E-state index is 6.09. The Bertz CT molecular complexity index is 439. The van der Waals surface area contributed by atoms with Gasteiger partial charge in [0.05, 0.1) is 11.7 Å². The lowest BCUT2D eigenvalue weighted by molar-refractivity contribution is 0.700. The molecule has 2 rings (SSSR count). The van der Waals surface area contributed by atoms with Crippen molar-refractivity contribution in [2.24, 2.45) is 5.73 Å². The van der Waals surface area contributed by atoms with E-state index in [0.717, 1.165) is 18.5 Å². The lowest BCUT2D eigenvalue weighted by atomic mass is 10.1. The van der Waals surface area contributed by atoms with Crippen LogP contribution in [0.25, 0.3) is 0 Å². The normalized spacial score (nSPS) is 12.6. The summed E-state index contributed by atoms with van der Waals surface area (Å²) in [6.45, 7) is 2.17. The van der Waals surface area contributed by atoms with Crippen molar-refractivity contribution >= 4 is 11.3 Å². The highest BCUT2D eigenvalue weighted by Gasteiger charge is 2.09. The summed E-state index contributed by atoms with van der Waals surface area (Å²) in [6, 6.07) is 6.17. The Morgan fingerprint density at radius 3 is 2.75 bits per heavy atom. The average molecular weight is 233 g/mol. The van der Waals surface area contributed by atoms with Gasteiger partial charge in [-0.3, -0.25) is 0 Å². The van der Waals surface area contributed by atoms with E-state index in [0.29, 0.717) is 0 Å². The second kappa shape index (κ2) is 5.18. The van der Waals surface area contributed by atoms with Gasteiger partial charge in [-0.1, -0.05) is 6.92 Å². The summed E-state index contributed by atoms with van der Waals surface area (Å²) in [4.78, 5) is 10.8. The van der Waals surface area contributed by atoms with E-state index >= 15 is 0 Å². The molecule has 0 spiro atoms. The Morgan fingerprint density at radius 2 is 2.12 bits per heavy atom. The molecule has 0 saturated carbocycles. The van der Waals surface area contributed by atoms with Gasteiger partial charge in [-0.15, -0.1) is 11.3 Å². The molecule has 2 aromatic heterocycles. The fourth-order valence-electron chi connectivity index (χ4n) is 1.56. The van der Waals surface area contributed by atoms with Gasteiger partial charge in [-0.2, -0.15) is 0 Å². The van der Waals surface area contributed by atoms with Gasteiger partial charge in [0.25, 0.3) is 0 Å². The van der Waals surface area contributed by atoms with Crippen molar-refractivity contribution in [2.75, 3.05) is 0 Å². The van der Waals surface area contributed by atoms with E-state index in [1.807, 2.05) is 17.4 Å². The largest absolute Gasteiger partial charge is 0.322 e. The highest BCUT2D eigenvalue weighted by molar-refractivity contribution is 7.11. The second-order valence-electron chi connectivity index (χ2n) is 3.67. The minimum absolute atomic E-state index is 0.0358. The minimum atomic E-state index is -0.0358. The number of aromatic nitrogens is 2. The number of rotatable bonds is 4. The molecule has 0 aliphatic carbocycles. The lowest BCUT2D eigenvalue weighted by Gasteiger charge is -2.08. The fraction of sp³-hybridized carbons (Fsp3) is 0.333. The van der Waals surface area contributed by atoms with Crippen LogP contribution < -0.4 is 5.73 Å². The first-order chi connectivity index (χ1) is 7.79. The van der Waals surface area contributed by atoms with Gasteiger partial charge in [0.1, 0.15) is 6.33 Å². The van der Waals surface area contributed by atoms with Crippen LogP contribution in [0.4, 0.5) is 0 Å². The smallest absolute Gasteiger partial charge is 0.115 e. The van der Waals surface area contributed by atoms with Gasteiger partial charge in [-0.05, 0) is 24.6 Å². The molecule has 0 aliphatic rings. The van der Waals surface area contributed by atoms with Crippen LogP contribution in [0, 0.1) is 0 Å². The van der Waals surface area contributed by atoms with Crippen molar-refractivity contribution in [1.82, 2.24) is 9.97 Å². The molecule has 0 aliphatic heterocycles. The van der Waals surface area contributed by atoms with Crippen LogP contribution in [0.1, 0.15) is 28.4 Å². The van der Waals surface area contributed by atoms with E-state index in [1.165, 1.54) is 9.75 Å². The van der Waals surface area contributed by atoms with E-state index in [1.54, 1.807) is 12.5 Å². The van der Waals surface area contributed by atoms with E-state index in [2.05, 4.69) is 29.0 Å². The molecule has 0 radical (unpaired) electrons. The molecule has 0 amide bonds. The Morgan fingerprint density at radius 1 is 1.31 bits per heavy atom. The third-order valence-corrected chi connectivity index (χ3v) is 3.72. The van der Waals surface area contributed by atoms with Gasteiger partial charge in [0, 0.05) is 22.4 Å². The third-order valence-electron chi connectivity index (χ3n) is 2.47. The molecule has 3 nitrogen and oxygen atoms in total. The molecule has 0 aromatic carbocycles. The maximum atomic E-state index is 6.09. The Kier molecular flexibility index (Phi) is 3.64. The highest BCUT2D eigenvalue weighted by atomic mass is 32.1. The average Bonchev–Trinajstić information content (AvgIpc) is 2.78. The maximum Gasteiger partial charge on any atom is 0.115 e. The number of aryl methyl sites for hydroxylation is 1. The molecule has 2 N–H and O–H groups in total. The zero-order valence-electron chi connectivity index (χ0n) is 9.26. The fourth-order valence-corrected chi connectivity index (χ4v) is 2.58. The molecule has 2 heterocycles. The summed E-state index contributed by atoms with van der Waals surface area (Å²) in [6.07, 6.45) is 5.21. The van der Waals surface area contributed by atoms with Crippen molar-refractivity contribution < 1.29 is 0 Å². The highest BCUT2D eigenvalue weighted by Crippen LogP contribution is 2.21. The third kappa shape index (κ3) is 2.65. The minimum Gasteiger partial charge on any atom is -0.322 e. The van der Waals surface area contributed by atoms with E-state index in [4.69, 9.17) is 5.73 Å². The first-order valence-corrected chi connectivity index (χ1v) is 6.20. The summed E-state index contributed by atoms with van der Waals surface area (Å²) in [5, 5.41) is 0. The summed E-state index contributed by atoms with van der Waals surface area (Å²) in [7, 11) is 0. The quantitative estimate of drug-likeness (QED) is 0.882. The van der Waals surface area contributed by atoms with Crippen LogP contribution in [0.5, 0.6) is 0 Å².